The lowest BCUT2D eigenvalue weighted by Gasteiger charge is -2.14. The van der Waals surface area contributed by atoms with Gasteiger partial charge in [0.25, 0.3) is 0 Å². The zero-order valence-electron chi connectivity index (χ0n) is 20.9. The number of ether oxygens (including phenoxy) is 3. The molecular weight excluding hydrogens is 446 g/mol. The average molecular weight is 478 g/mol. The number of aromatic nitrogens is 6. The predicted octanol–water partition coefficient (Wildman–Crippen LogP) is 5.04. The van der Waals surface area contributed by atoms with Crippen molar-refractivity contribution in [3.8, 4) is 22.9 Å². The molecule has 0 aliphatic rings. The second-order valence-corrected chi connectivity index (χ2v) is 8.45. The van der Waals surface area contributed by atoms with Crippen molar-refractivity contribution in [1.82, 2.24) is 29.3 Å². The topological polar surface area (TPSA) is 101 Å². The highest BCUT2D eigenvalue weighted by atomic mass is 16.5. The maximum Gasteiger partial charge on any atom is 0.203 e. The van der Waals surface area contributed by atoms with Crippen LogP contribution in [-0.4, -0.2) is 50.6 Å². The fraction of sp³-hybridized carbons (Fsp3) is 0.360. The van der Waals surface area contributed by atoms with Crippen LogP contribution in [0.25, 0.3) is 16.7 Å². The second kappa shape index (κ2) is 10.0. The van der Waals surface area contributed by atoms with Crippen LogP contribution in [0.15, 0.2) is 43.5 Å². The van der Waals surface area contributed by atoms with Crippen LogP contribution in [-0.2, 0) is 0 Å². The number of fused-ring (bicyclic) bond motifs is 1. The van der Waals surface area contributed by atoms with Gasteiger partial charge in [-0.1, -0.05) is 13.0 Å². The molecule has 10 nitrogen and oxygen atoms in total. The minimum absolute atomic E-state index is 0.116. The van der Waals surface area contributed by atoms with Crippen LogP contribution < -0.4 is 19.5 Å². The van der Waals surface area contributed by atoms with Gasteiger partial charge in [0.1, 0.15) is 23.8 Å². The number of methoxy groups -OCH3 is 3. The monoisotopic (exact) mass is 477 g/mol. The Morgan fingerprint density at radius 3 is 2.37 bits per heavy atom. The van der Waals surface area contributed by atoms with E-state index in [0.29, 0.717) is 28.9 Å². The molecule has 1 aromatic carbocycles. The largest absolute Gasteiger partial charge is 0.493 e. The van der Waals surface area contributed by atoms with Crippen LogP contribution in [0.3, 0.4) is 0 Å². The highest BCUT2D eigenvalue weighted by molar-refractivity contribution is 5.88. The van der Waals surface area contributed by atoms with Gasteiger partial charge in [-0.25, -0.2) is 19.6 Å². The molecule has 0 aliphatic heterocycles. The summed E-state index contributed by atoms with van der Waals surface area (Å²) in [5.41, 5.74) is 1.59. The van der Waals surface area contributed by atoms with Gasteiger partial charge < -0.3 is 24.1 Å². The minimum Gasteiger partial charge on any atom is -0.493 e. The molecule has 1 atom stereocenters. The van der Waals surface area contributed by atoms with E-state index in [9.17, 15) is 0 Å². The highest BCUT2D eigenvalue weighted by Gasteiger charge is 2.19. The number of imidazole rings is 1. The first-order valence-corrected chi connectivity index (χ1v) is 11.4. The van der Waals surface area contributed by atoms with E-state index < -0.39 is 0 Å². The summed E-state index contributed by atoms with van der Waals surface area (Å²) in [6.45, 7) is 10.1. The molecule has 0 saturated carbocycles. The molecule has 0 aliphatic carbocycles. The van der Waals surface area contributed by atoms with E-state index in [4.69, 9.17) is 24.2 Å². The molecule has 10 heteroatoms. The van der Waals surface area contributed by atoms with Crippen molar-refractivity contribution in [2.24, 2.45) is 0 Å². The summed E-state index contributed by atoms with van der Waals surface area (Å²) in [7, 11) is 4.75. The van der Waals surface area contributed by atoms with Gasteiger partial charge >= 0.3 is 0 Å². The molecule has 0 bridgehead atoms. The zero-order valence-corrected chi connectivity index (χ0v) is 20.9. The molecule has 4 aromatic rings. The minimum atomic E-state index is 0.116. The summed E-state index contributed by atoms with van der Waals surface area (Å²) in [4.78, 5) is 14.2. The summed E-state index contributed by atoms with van der Waals surface area (Å²) >= 11 is 0. The van der Waals surface area contributed by atoms with Gasteiger partial charge in [-0.2, -0.15) is 5.10 Å². The molecule has 3 aromatic heterocycles. The highest BCUT2D eigenvalue weighted by Crippen LogP contribution is 2.39. The molecule has 3 heterocycles. The third-order valence-electron chi connectivity index (χ3n) is 5.70. The summed E-state index contributed by atoms with van der Waals surface area (Å²) in [6, 6.07) is 3.88. The van der Waals surface area contributed by atoms with E-state index in [1.165, 1.54) is 0 Å². The zero-order chi connectivity index (χ0) is 25.1. The van der Waals surface area contributed by atoms with Crippen molar-refractivity contribution in [3.63, 3.8) is 0 Å². The van der Waals surface area contributed by atoms with Gasteiger partial charge in [-0.15, -0.1) is 6.58 Å². The number of hydrogen-bond donors (Lipinski definition) is 1. The summed E-state index contributed by atoms with van der Waals surface area (Å²) < 4.78 is 20.2. The lowest BCUT2D eigenvalue weighted by atomic mass is 10.1. The Labute approximate surface area is 204 Å². The lowest BCUT2D eigenvalue weighted by molar-refractivity contribution is 0.324. The summed E-state index contributed by atoms with van der Waals surface area (Å²) in [5, 5.41) is 8.73. The van der Waals surface area contributed by atoms with E-state index in [2.05, 4.69) is 42.7 Å². The maximum absolute atomic E-state index is 5.48. The molecule has 1 unspecified atom stereocenters. The van der Waals surface area contributed by atoms with Crippen LogP contribution in [0.4, 0.5) is 11.6 Å². The second-order valence-electron chi connectivity index (χ2n) is 8.45. The number of allylic oxidation sites excluding steroid dienone is 1. The number of hydrogen-bond acceptors (Lipinski definition) is 8. The lowest BCUT2D eigenvalue weighted by Crippen LogP contribution is -2.08. The number of nitrogens with one attached hydrogen (secondary N) is 1. The number of benzene rings is 1. The first-order valence-electron chi connectivity index (χ1n) is 11.4. The number of anilines is 2. The van der Waals surface area contributed by atoms with Crippen molar-refractivity contribution < 1.29 is 14.2 Å². The van der Waals surface area contributed by atoms with E-state index in [1.807, 2.05) is 33.7 Å². The van der Waals surface area contributed by atoms with Crippen LogP contribution in [0.5, 0.6) is 17.2 Å². The molecule has 4 rings (SSSR count). The SMILES string of the molecule is C=CCC(C)c1nc(Nc2cn(-c3cc(OC)c(OC)c(OC)c3)cn2)c2cnn(C(C)C)c2n1. The van der Waals surface area contributed by atoms with Gasteiger partial charge in [0.15, 0.2) is 17.1 Å². The predicted molar refractivity (Wildman–Crippen MR) is 135 cm³/mol. The summed E-state index contributed by atoms with van der Waals surface area (Å²) in [6.07, 6.45) is 8.02. The van der Waals surface area contributed by atoms with Crippen LogP contribution in [0.2, 0.25) is 0 Å². The molecule has 0 radical (unpaired) electrons. The first-order chi connectivity index (χ1) is 16.9. The van der Waals surface area contributed by atoms with Crippen molar-refractivity contribution in [2.75, 3.05) is 26.6 Å². The third kappa shape index (κ3) is 4.64. The number of nitrogens with zero attached hydrogens (tertiary/aromatic N) is 6. The first kappa shape index (κ1) is 24.1. The fourth-order valence-electron chi connectivity index (χ4n) is 3.86. The van der Waals surface area contributed by atoms with Crippen molar-refractivity contribution in [3.05, 3.63) is 49.3 Å². The maximum atomic E-state index is 5.48. The molecule has 1 N–H and O–H groups in total. The molecule has 0 spiro atoms. The molecule has 35 heavy (non-hydrogen) atoms. The van der Waals surface area contributed by atoms with Crippen LogP contribution in [0, 0.1) is 0 Å². The van der Waals surface area contributed by atoms with Crippen molar-refractivity contribution in [2.45, 2.75) is 39.2 Å². The van der Waals surface area contributed by atoms with Gasteiger partial charge in [-0.3, -0.25) is 0 Å². The quantitative estimate of drug-likeness (QED) is 0.317. The van der Waals surface area contributed by atoms with Crippen LogP contribution in [0.1, 0.15) is 45.0 Å². The molecular formula is C25H31N7O3. The van der Waals surface area contributed by atoms with Gasteiger partial charge in [0.2, 0.25) is 5.75 Å². The molecule has 0 fully saturated rings. The summed E-state index contributed by atoms with van der Waals surface area (Å²) in [5.74, 6) is 3.77. The molecule has 184 valence electrons. The van der Waals surface area contributed by atoms with Gasteiger partial charge in [0, 0.05) is 24.1 Å². The Bertz CT molecular complexity index is 1320. The van der Waals surface area contributed by atoms with E-state index >= 15 is 0 Å². The van der Waals surface area contributed by atoms with E-state index in [1.54, 1.807) is 33.9 Å². The Morgan fingerprint density at radius 2 is 1.77 bits per heavy atom. The van der Waals surface area contributed by atoms with Gasteiger partial charge in [0.05, 0.1) is 44.8 Å². The fourth-order valence-corrected chi connectivity index (χ4v) is 3.86. The van der Waals surface area contributed by atoms with Crippen molar-refractivity contribution >= 4 is 22.7 Å². The molecule has 0 saturated heterocycles. The van der Waals surface area contributed by atoms with Crippen molar-refractivity contribution in [1.29, 1.82) is 0 Å². The smallest absolute Gasteiger partial charge is 0.203 e. The third-order valence-corrected chi connectivity index (χ3v) is 5.70. The van der Waals surface area contributed by atoms with E-state index in [-0.39, 0.29) is 12.0 Å². The normalized spacial score (nSPS) is 12.1. The average Bonchev–Trinajstić information content (AvgIpc) is 3.50. The Morgan fingerprint density at radius 1 is 1.06 bits per heavy atom. The van der Waals surface area contributed by atoms with Gasteiger partial charge in [-0.05, 0) is 20.3 Å². The Kier molecular flexibility index (Phi) is 6.90. The Hall–Kier alpha value is -4.08. The van der Waals surface area contributed by atoms with E-state index in [0.717, 1.165) is 29.0 Å². The Balaban J connectivity index is 1.73. The number of rotatable bonds is 10. The van der Waals surface area contributed by atoms with Crippen LogP contribution >= 0.6 is 0 Å². The molecule has 0 amide bonds. The standard InChI is InChI=1S/C25H31N7O3/c1-8-9-16(4)23-29-24(18-12-27-32(15(2)3)25(18)30-23)28-21-13-31(14-26-21)17-10-19(33-5)22(35-7)20(11-17)34-6/h8,10-16H,1,9H2,2-7H3,(H,28,29,30).